The maximum absolute atomic E-state index is 4.61. The van der Waals surface area contributed by atoms with Crippen LogP contribution in [0.1, 0.15) is 31.7 Å². The number of H-pyrrole nitrogens is 1. The molecule has 3 heterocycles. The van der Waals surface area contributed by atoms with Gasteiger partial charge in [-0.25, -0.2) is 4.98 Å². The molecule has 0 aromatic carbocycles. The van der Waals surface area contributed by atoms with Crippen molar-refractivity contribution in [3.8, 4) is 11.1 Å². The molecule has 0 saturated heterocycles. The predicted octanol–water partition coefficient (Wildman–Crippen LogP) is 4.17. The molecule has 3 aromatic rings. The minimum absolute atomic E-state index is 0.764. The van der Waals surface area contributed by atoms with Gasteiger partial charge in [0.15, 0.2) is 0 Å². The van der Waals surface area contributed by atoms with Gasteiger partial charge in [-0.1, -0.05) is 13.0 Å². The number of hydrogen-bond acceptors (Lipinski definition) is 2. The van der Waals surface area contributed by atoms with E-state index in [4.69, 9.17) is 0 Å². The molecule has 0 spiro atoms. The molecule has 22 heavy (non-hydrogen) atoms. The topological polar surface area (TPSA) is 46.5 Å². The van der Waals surface area contributed by atoms with Gasteiger partial charge in [-0.3, -0.25) is 4.68 Å². The molecule has 1 aliphatic rings. The minimum Gasteiger partial charge on any atom is -0.346 e. The van der Waals surface area contributed by atoms with E-state index in [1.165, 1.54) is 34.9 Å². The molecule has 1 atom stereocenters. The van der Waals surface area contributed by atoms with E-state index in [1.807, 2.05) is 36.5 Å². The van der Waals surface area contributed by atoms with Gasteiger partial charge in [0.1, 0.15) is 5.65 Å². The highest BCUT2D eigenvalue weighted by molar-refractivity contribution is 5.94. The normalized spacial score (nSPS) is 18.6. The monoisotopic (exact) mass is 292 g/mol. The van der Waals surface area contributed by atoms with Crippen LogP contribution in [0.25, 0.3) is 27.7 Å². The summed E-state index contributed by atoms with van der Waals surface area (Å²) in [5.74, 6) is 0.764. The summed E-state index contributed by atoms with van der Waals surface area (Å²) in [7, 11) is 1.94. The van der Waals surface area contributed by atoms with Crippen molar-refractivity contribution in [2.75, 3.05) is 0 Å². The standard InChI is InChI=1S/C18H20N4/c1-12-4-3-5-13(6-12)14-7-16-17(10-20-18(16)19-8-14)15-9-21-22(2)11-15/h5,7-12H,3-4,6H2,1-2H3,(H,19,20). The summed E-state index contributed by atoms with van der Waals surface area (Å²) in [5, 5.41) is 5.44. The lowest BCUT2D eigenvalue weighted by molar-refractivity contribution is 0.536. The second-order valence-electron chi connectivity index (χ2n) is 6.34. The number of hydrogen-bond donors (Lipinski definition) is 1. The van der Waals surface area contributed by atoms with E-state index in [0.29, 0.717) is 0 Å². The van der Waals surface area contributed by atoms with Crippen LogP contribution < -0.4 is 0 Å². The van der Waals surface area contributed by atoms with Crippen molar-refractivity contribution in [1.82, 2.24) is 19.7 Å². The van der Waals surface area contributed by atoms with Crippen molar-refractivity contribution in [3.05, 3.63) is 42.5 Å². The van der Waals surface area contributed by atoms with Gasteiger partial charge in [-0.05, 0) is 42.4 Å². The van der Waals surface area contributed by atoms with Crippen LogP contribution in [-0.2, 0) is 7.05 Å². The molecule has 0 bridgehead atoms. The average molecular weight is 292 g/mol. The quantitative estimate of drug-likeness (QED) is 0.770. The van der Waals surface area contributed by atoms with Gasteiger partial charge in [0.25, 0.3) is 0 Å². The summed E-state index contributed by atoms with van der Waals surface area (Å²) >= 11 is 0. The van der Waals surface area contributed by atoms with Crippen LogP contribution in [0, 0.1) is 5.92 Å². The Balaban J connectivity index is 1.81. The highest BCUT2D eigenvalue weighted by Crippen LogP contribution is 2.33. The molecule has 0 amide bonds. The number of rotatable bonds is 2. The van der Waals surface area contributed by atoms with E-state index >= 15 is 0 Å². The average Bonchev–Trinajstić information content (AvgIpc) is 3.12. The first-order valence-electron chi connectivity index (χ1n) is 7.86. The van der Waals surface area contributed by atoms with Gasteiger partial charge >= 0.3 is 0 Å². The number of pyridine rings is 1. The molecule has 0 radical (unpaired) electrons. The Hall–Kier alpha value is -2.36. The fourth-order valence-corrected chi connectivity index (χ4v) is 3.32. The summed E-state index contributed by atoms with van der Waals surface area (Å²) in [5.41, 5.74) is 5.92. The summed E-state index contributed by atoms with van der Waals surface area (Å²) in [6.07, 6.45) is 14.0. The zero-order valence-electron chi connectivity index (χ0n) is 13.0. The SMILES string of the molecule is CC1CCC=C(c2cnc3[nH]cc(-c4cnn(C)c4)c3c2)C1. The lowest BCUT2D eigenvalue weighted by Gasteiger charge is -2.19. The van der Waals surface area contributed by atoms with Crippen LogP contribution in [0.4, 0.5) is 0 Å². The zero-order valence-corrected chi connectivity index (χ0v) is 13.0. The maximum atomic E-state index is 4.61. The third-order valence-corrected chi connectivity index (χ3v) is 4.54. The van der Waals surface area contributed by atoms with Crippen LogP contribution >= 0.6 is 0 Å². The second kappa shape index (κ2) is 5.13. The molecule has 0 aliphatic heterocycles. The van der Waals surface area contributed by atoms with Crippen LogP contribution in [0.2, 0.25) is 0 Å². The molecule has 4 heteroatoms. The van der Waals surface area contributed by atoms with Crippen molar-refractivity contribution in [1.29, 1.82) is 0 Å². The van der Waals surface area contributed by atoms with Crippen LogP contribution in [0.15, 0.2) is 36.9 Å². The molecular weight excluding hydrogens is 272 g/mol. The van der Waals surface area contributed by atoms with Gasteiger partial charge < -0.3 is 4.98 Å². The molecule has 1 aliphatic carbocycles. The summed E-state index contributed by atoms with van der Waals surface area (Å²) in [6, 6.07) is 2.27. The smallest absolute Gasteiger partial charge is 0.137 e. The fourth-order valence-electron chi connectivity index (χ4n) is 3.32. The molecule has 0 saturated carbocycles. The molecule has 1 unspecified atom stereocenters. The molecule has 3 aromatic heterocycles. The molecule has 4 nitrogen and oxygen atoms in total. The summed E-state index contributed by atoms with van der Waals surface area (Å²) in [4.78, 5) is 7.88. The Bertz CT molecular complexity index is 853. The number of nitrogens with zero attached hydrogens (tertiary/aromatic N) is 3. The Morgan fingerprint density at radius 1 is 1.27 bits per heavy atom. The number of allylic oxidation sites excluding steroid dienone is 2. The summed E-state index contributed by atoms with van der Waals surface area (Å²) in [6.45, 7) is 2.33. The number of nitrogens with one attached hydrogen (secondary N) is 1. The first-order chi connectivity index (χ1) is 10.7. The predicted molar refractivity (Wildman–Crippen MR) is 89.3 cm³/mol. The van der Waals surface area contributed by atoms with Gasteiger partial charge in [0, 0.05) is 42.2 Å². The van der Waals surface area contributed by atoms with Crippen molar-refractivity contribution >= 4 is 16.6 Å². The number of aromatic amines is 1. The van der Waals surface area contributed by atoms with Crippen molar-refractivity contribution < 1.29 is 0 Å². The van der Waals surface area contributed by atoms with Crippen molar-refractivity contribution in [2.45, 2.75) is 26.2 Å². The van der Waals surface area contributed by atoms with E-state index in [1.54, 1.807) is 0 Å². The lowest BCUT2D eigenvalue weighted by atomic mass is 9.87. The van der Waals surface area contributed by atoms with Gasteiger partial charge in [0.2, 0.25) is 0 Å². The van der Waals surface area contributed by atoms with Crippen molar-refractivity contribution in [3.63, 3.8) is 0 Å². The third-order valence-electron chi connectivity index (χ3n) is 4.54. The Morgan fingerprint density at radius 3 is 2.95 bits per heavy atom. The number of aryl methyl sites for hydroxylation is 1. The van der Waals surface area contributed by atoms with Gasteiger partial charge in [0.05, 0.1) is 6.20 Å². The van der Waals surface area contributed by atoms with Crippen LogP contribution in [0.5, 0.6) is 0 Å². The first-order valence-corrected chi connectivity index (χ1v) is 7.86. The van der Waals surface area contributed by atoms with E-state index in [2.05, 4.69) is 34.1 Å². The minimum atomic E-state index is 0.764. The summed E-state index contributed by atoms with van der Waals surface area (Å²) < 4.78 is 1.83. The first kappa shape index (κ1) is 13.3. The maximum Gasteiger partial charge on any atom is 0.137 e. The molecular formula is C18H20N4. The highest BCUT2D eigenvalue weighted by Gasteiger charge is 2.15. The van der Waals surface area contributed by atoms with E-state index in [-0.39, 0.29) is 0 Å². The van der Waals surface area contributed by atoms with Gasteiger partial charge in [-0.15, -0.1) is 0 Å². The van der Waals surface area contributed by atoms with Crippen molar-refractivity contribution in [2.24, 2.45) is 13.0 Å². The second-order valence-corrected chi connectivity index (χ2v) is 6.34. The van der Waals surface area contributed by atoms with E-state index in [0.717, 1.165) is 23.5 Å². The third kappa shape index (κ3) is 2.25. The Labute approximate surface area is 129 Å². The van der Waals surface area contributed by atoms with Crippen LogP contribution in [-0.4, -0.2) is 19.7 Å². The Morgan fingerprint density at radius 2 is 2.18 bits per heavy atom. The highest BCUT2D eigenvalue weighted by atomic mass is 15.2. The number of aromatic nitrogens is 4. The molecule has 0 fully saturated rings. The fraction of sp³-hybridized carbons (Fsp3) is 0.333. The Kier molecular flexibility index (Phi) is 3.10. The largest absolute Gasteiger partial charge is 0.346 e. The molecule has 1 N–H and O–H groups in total. The zero-order chi connectivity index (χ0) is 15.1. The van der Waals surface area contributed by atoms with Gasteiger partial charge in [-0.2, -0.15) is 5.10 Å². The van der Waals surface area contributed by atoms with E-state index < -0.39 is 0 Å². The molecule has 112 valence electrons. The lowest BCUT2D eigenvalue weighted by Crippen LogP contribution is -2.02. The number of fused-ring (bicyclic) bond motifs is 1. The molecule has 4 rings (SSSR count). The van der Waals surface area contributed by atoms with Crippen LogP contribution in [0.3, 0.4) is 0 Å². The van der Waals surface area contributed by atoms with E-state index in [9.17, 15) is 0 Å².